The van der Waals surface area contributed by atoms with Gasteiger partial charge in [0, 0.05) is 12.2 Å². The van der Waals surface area contributed by atoms with E-state index in [1.807, 2.05) is 6.92 Å². The van der Waals surface area contributed by atoms with Gasteiger partial charge in [0.05, 0.1) is 12.6 Å². The average Bonchev–Trinajstić information content (AvgIpc) is 1.91. The highest BCUT2D eigenvalue weighted by Gasteiger charge is 1.96. The minimum absolute atomic E-state index is 0.141. The zero-order valence-corrected chi connectivity index (χ0v) is 6.10. The lowest BCUT2D eigenvalue weighted by molar-refractivity contribution is 0.848. The third-order valence-electron chi connectivity index (χ3n) is 1.01. The summed E-state index contributed by atoms with van der Waals surface area (Å²) in [7, 11) is 0. The van der Waals surface area contributed by atoms with Crippen LogP contribution in [0.3, 0.4) is 0 Å². The van der Waals surface area contributed by atoms with E-state index in [4.69, 9.17) is 11.8 Å². The molecule has 52 valence electrons. The van der Waals surface area contributed by atoms with Crippen molar-refractivity contribution in [1.29, 1.82) is 5.26 Å². The van der Waals surface area contributed by atoms with Crippen LogP contribution in [0.15, 0.2) is 11.4 Å². The Kier molecular flexibility index (Phi) is 3.75. The molecule has 0 aromatic carbocycles. The van der Waals surface area contributed by atoms with Gasteiger partial charge < -0.3 is 5.32 Å². The van der Waals surface area contributed by atoms with E-state index in [2.05, 4.69) is 10.2 Å². The molecule has 0 amide bonds. The van der Waals surface area contributed by atoms with Crippen molar-refractivity contribution in [2.75, 3.05) is 6.54 Å². The Balaban J connectivity index is 4.36. The number of allylic oxidation sites excluding steroid dienone is 2. The summed E-state index contributed by atoms with van der Waals surface area (Å²) in [6.07, 6.45) is 0. The van der Waals surface area contributed by atoms with Crippen molar-refractivity contribution >= 4 is 0 Å². The highest BCUT2D eigenvalue weighted by atomic mass is 14.9. The molecule has 0 spiro atoms. The van der Waals surface area contributed by atoms with Crippen molar-refractivity contribution < 1.29 is 0 Å². The molecule has 0 aromatic heterocycles. The maximum atomic E-state index is 8.36. The van der Waals surface area contributed by atoms with Crippen molar-refractivity contribution in [3.8, 4) is 6.07 Å². The molecule has 0 aliphatic carbocycles. The third kappa shape index (κ3) is 2.19. The predicted octanol–water partition coefficient (Wildman–Crippen LogP) is 1.27. The van der Waals surface area contributed by atoms with Gasteiger partial charge in [-0.25, -0.2) is 10.1 Å². The van der Waals surface area contributed by atoms with Crippen molar-refractivity contribution in [2.24, 2.45) is 0 Å². The molecule has 0 aliphatic rings. The zero-order valence-electron chi connectivity index (χ0n) is 6.10. The van der Waals surface area contributed by atoms with Crippen LogP contribution >= 0.6 is 0 Å². The Morgan fingerprint density at radius 2 is 2.40 bits per heavy atom. The van der Waals surface area contributed by atoms with E-state index in [1.165, 1.54) is 0 Å². The second kappa shape index (κ2) is 4.40. The van der Waals surface area contributed by atoms with E-state index in [9.17, 15) is 0 Å². The second-order valence-electron chi connectivity index (χ2n) is 1.73. The van der Waals surface area contributed by atoms with Crippen molar-refractivity contribution in [3.05, 3.63) is 22.8 Å². The highest BCUT2D eigenvalue weighted by molar-refractivity contribution is 5.31. The maximum absolute atomic E-state index is 8.36. The molecule has 0 radical (unpaired) electrons. The first kappa shape index (κ1) is 8.52. The molecule has 0 saturated heterocycles. The van der Waals surface area contributed by atoms with Gasteiger partial charge in [-0.15, -0.1) is 0 Å². The summed E-state index contributed by atoms with van der Waals surface area (Å²) in [4.78, 5) is 3.03. The normalized spacial score (nSPS) is 10.8. The predicted molar refractivity (Wildman–Crippen MR) is 38.6 cm³/mol. The smallest absolute Gasteiger partial charge is 0.279 e. The van der Waals surface area contributed by atoms with E-state index in [0.29, 0.717) is 5.70 Å². The molecule has 3 nitrogen and oxygen atoms in total. The first-order valence-corrected chi connectivity index (χ1v) is 2.98. The van der Waals surface area contributed by atoms with Crippen molar-refractivity contribution in [2.45, 2.75) is 13.8 Å². The fraction of sp³-hybridized carbons (Fsp3) is 0.429. The largest absolute Gasteiger partial charge is 0.397 e. The molecule has 0 atom stereocenters. The van der Waals surface area contributed by atoms with Crippen LogP contribution in [0.25, 0.3) is 4.85 Å². The maximum Gasteiger partial charge on any atom is 0.279 e. The number of rotatable bonds is 2. The van der Waals surface area contributed by atoms with Gasteiger partial charge in [-0.3, -0.25) is 0 Å². The summed E-state index contributed by atoms with van der Waals surface area (Å²) in [6, 6.07) is 1.80. The van der Waals surface area contributed by atoms with Gasteiger partial charge in [0.25, 0.3) is 5.70 Å². The molecule has 0 saturated carbocycles. The average molecular weight is 135 g/mol. The summed E-state index contributed by atoms with van der Waals surface area (Å²) >= 11 is 0. The highest BCUT2D eigenvalue weighted by Crippen LogP contribution is 1.99. The number of hydrogen-bond donors (Lipinski definition) is 1. The minimum Gasteiger partial charge on any atom is -0.397 e. The standard InChI is InChI=1S/C7H9N3/c1-4-10-6(2)7(5-8)9-3/h10H,4H2,1-2H3/b7-6+. The Labute approximate surface area is 60.8 Å². The van der Waals surface area contributed by atoms with E-state index < -0.39 is 0 Å². The number of hydrogen-bond acceptors (Lipinski definition) is 2. The van der Waals surface area contributed by atoms with Crippen molar-refractivity contribution in [3.63, 3.8) is 0 Å². The van der Waals surface area contributed by atoms with Crippen LogP contribution in [0.5, 0.6) is 0 Å². The SMILES string of the molecule is [C-]#[N+]/C(C#N)=C(\C)NCC. The summed E-state index contributed by atoms with van der Waals surface area (Å²) in [6.45, 7) is 11.0. The summed E-state index contributed by atoms with van der Waals surface area (Å²) in [5.41, 5.74) is 0.793. The Hall–Kier alpha value is -1.48. The minimum atomic E-state index is 0.141. The van der Waals surface area contributed by atoms with Crippen molar-refractivity contribution in [1.82, 2.24) is 5.32 Å². The molecule has 0 heterocycles. The number of nitrogens with one attached hydrogen (secondary N) is 1. The fourth-order valence-electron chi connectivity index (χ4n) is 0.542. The van der Waals surface area contributed by atoms with Gasteiger partial charge in [0.15, 0.2) is 0 Å². The van der Waals surface area contributed by atoms with E-state index in [1.54, 1.807) is 13.0 Å². The van der Waals surface area contributed by atoms with Crippen LogP contribution in [0.4, 0.5) is 0 Å². The lowest BCUT2D eigenvalue weighted by atomic mass is 10.4. The molecule has 0 aliphatic heterocycles. The first-order valence-electron chi connectivity index (χ1n) is 2.98. The van der Waals surface area contributed by atoms with Gasteiger partial charge in [0.2, 0.25) is 0 Å². The molecule has 0 rings (SSSR count). The van der Waals surface area contributed by atoms with Crippen LogP contribution < -0.4 is 5.32 Å². The second-order valence-corrected chi connectivity index (χ2v) is 1.73. The van der Waals surface area contributed by atoms with E-state index in [-0.39, 0.29) is 5.70 Å². The molecule has 0 bridgehead atoms. The number of nitriles is 1. The summed E-state index contributed by atoms with van der Waals surface area (Å²) < 4.78 is 0. The Morgan fingerprint density at radius 3 is 2.70 bits per heavy atom. The van der Waals surface area contributed by atoms with Gasteiger partial charge in [-0.05, 0) is 13.8 Å². The monoisotopic (exact) mass is 135 g/mol. The molecule has 0 fully saturated rings. The quantitative estimate of drug-likeness (QED) is 0.457. The molecule has 0 unspecified atom stereocenters. The molecule has 0 aromatic rings. The summed E-state index contributed by atoms with van der Waals surface area (Å²) in [5.74, 6) is 0. The molecular weight excluding hydrogens is 126 g/mol. The van der Waals surface area contributed by atoms with Crippen LogP contribution in [-0.4, -0.2) is 6.54 Å². The van der Waals surface area contributed by atoms with Crippen LogP contribution in [0.1, 0.15) is 13.8 Å². The molecule has 1 N–H and O–H groups in total. The van der Waals surface area contributed by atoms with E-state index >= 15 is 0 Å². The fourth-order valence-corrected chi connectivity index (χ4v) is 0.542. The molecule has 10 heavy (non-hydrogen) atoms. The van der Waals surface area contributed by atoms with Gasteiger partial charge in [-0.1, -0.05) is 0 Å². The topological polar surface area (TPSA) is 40.2 Å². The third-order valence-corrected chi connectivity index (χ3v) is 1.01. The van der Waals surface area contributed by atoms with E-state index in [0.717, 1.165) is 6.54 Å². The zero-order chi connectivity index (χ0) is 7.98. The summed E-state index contributed by atoms with van der Waals surface area (Å²) in [5, 5.41) is 11.3. The Morgan fingerprint density at radius 1 is 1.80 bits per heavy atom. The van der Waals surface area contributed by atoms with Crippen LogP contribution in [-0.2, 0) is 0 Å². The molecule has 3 heteroatoms. The molecular formula is C7H9N3. The first-order chi connectivity index (χ1) is 4.76. The number of nitrogens with zero attached hydrogens (tertiary/aromatic N) is 2. The van der Waals surface area contributed by atoms with Crippen LogP contribution in [0, 0.1) is 17.9 Å². The van der Waals surface area contributed by atoms with Gasteiger partial charge >= 0.3 is 0 Å². The van der Waals surface area contributed by atoms with Gasteiger partial charge in [0.1, 0.15) is 0 Å². The van der Waals surface area contributed by atoms with Gasteiger partial charge in [-0.2, -0.15) is 0 Å². The lowest BCUT2D eigenvalue weighted by Crippen LogP contribution is -2.10. The van der Waals surface area contributed by atoms with Crippen LogP contribution in [0.2, 0.25) is 0 Å². The lowest BCUT2D eigenvalue weighted by Gasteiger charge is -2.00. The Bertz CT molecular complexity index is 198.